The van der Waals surface area contributed by atoms with E-state index in [-0.39, 0.29) is 0 Å². The van der Waals surface area contributed by atoms with Gasteiger partial charge in [-0.15, -0.1) is 0 Å². The van der Waals surface area contributed by atoms with E-state index in [9.17, 15) is 0 Å². The summed E-state index contributed by atoms with van der Waals surface area (Å²) in [6.07, 6.45) is 0.791. The molecule has 3 aromatic rings. The summed E-state index contributed by atoms with van der Waals surface area (Å²) in [4.78, 5) is 7.32. The molecule has 3 rings (SSSR count). The molecule has 1 aromatic heterocycles. The highest BCUT2D eigenvalue weighted by Crippen LogP contribution is 2.22. The Morgan fingerprint density at radius 1 is 1.04 bits per heavy atom. The Hall–Kier alpha value is -2.53. The van der Waals surface area contributed by atoms with Gasteiger partial charge in [0.25, 0.3) is 0 Å². The molecule has 2 aromatic carbocycles. The number of rotatable bonds is 9. The van der Waals surface area contributed by atoms with E-state index in [1.807, 2.05) is 31.2 Å². The molecular formula is C22H30N4O. The molecule has 0 unspecified atom stereocenters. The standard InChI is InChI=1S/C22H30N4O/c1-4-25(5-2)13-14-26-21-12-9-18(23)16-20(21)24-22(26)15-17-7-10-19(11-8-17)27-6-3/h7-12,16H,4-6,13-15,23H2,1-3H3. The van der Waals surface area contributed by atoms with Crippen LogP contribution < -0.4 is 10.5 Å². The molecule has 0 atom stereocenters. The van der Waals surface area contributed by atoms with Gasteiger partial charge >= 0.3 is 0 Å². The van der Waals surface area contributed by atoms with Crippen molar-refractivity contribution in [3.05, 3.63) is 53.9 Å². The molecule has 27 heavy (non-hydrogen) atoms. The fourth-order valence-corrected chi connectivity index (χ4v) is 3.42. The Balaban J connectivity index is 1.89. The van der Waals surface area contributed by atoms with E-state index < -0.39 is 0 Å². The summed E-state index contributed by atoms with van der Waals surface area (Å²) in [5, 5.41) is 0. The number of nitrogen functional groups attached to an aromatic ring is 1. The summed E-state index contributed by atoms with van der Waals surface area (Å²) >= 11 is 0. The minimum Gasteiger partial charge on any atom is -0.494 e. The molecular weight excluding hydrogens is 336 g/mol. The second-order valence-electron chi connectivity index (χ2n) is 6.71. The number of hydrogen-bond donors (Lipinski definition) is 1. The first-order valence-corrected chi connectivity index (χ1v) is 9.83. The summed E-state index contributed by atoms with van der Waals surface area (Å²) in [6, 6.07) is 14.3. The van der Waals surface area contributed by atoms with Gasteiger partial charge in [0.05, 0.1) is 17.6 Å². The second kappa shape index (κ2) is 8.91. The van der Waals surface area contributed by atoms with Crippen LogP contribution in [0.3, 0.4) is 0 Å². The number of hydrogen-bond acceptors (Lipinski definition) is 4. The summed E-state index contributed by atoms with van der Waals surface area (Å²) in [5.74, 6) is 1.98. The molecule has 0 bridgehead atoms. The van der Waals surface area contributed by atoms with Crippen LogP contribution in [0.25, 0.3) is 11.0 Å². The quantitative estimate of drug-likeness (QED) is 0.583. The first kappa shape index (κ1) is 19.2. The zero-order chi connectivity index (χ0) is 19.2. The Labute approximate surface area is 161 Å². The fraction of sp³-hybridized carbons (Fsp3) is 0.409. The molecule has 0 amide bonds. The first-order valence-electron chi connectivity index (χ1n) is 9.83. The van der Waals surface area contributed by atoms with Crippen LogP contribution in [-0.2, 0) is 13.0 Å². The molecule has 0 fully saturated rings. The lowest BCUT2D eigenvalue weighted by Gasteiger charge is -2.19. The SMILES string of the molecule is CCOc1ccc(Cc2nc3cc(N)ccc3n2CCN(CC)CC)cc1. The number of aromatic nitrogens is 2. The van der Waals surface area contributed by atoms with Gasteiger partial charge in [0.2, 0.25) is 0 Å². The van der Waals surface area contributed by atoms with Crippen molar-refractivity contribution >= 4 is 16.7 Å². The molecule has 144 valence electrons. The molecule has 5 heteroatoms. The molecule has 0 radical (unpaired) electrons. The third-order valence-electron chi connectivity index (χ3n) is 4.98. The average Bonchev–Trinajstić information content (AvgIpc) is 3.00. The first-order chi connectivity index (χ1) is 13.1. The van der Waals surface area contributed by atoms with Crippen molar-refractivity contribution in [1.82, 2.24) is 14.5 Å². The minimum absolute atomic E-state index is 0.682. The van der Waals surface area contributed by atoms with E-state index in [1.54, 1.807) is 0 Å². The highest BCUT2D eigenvalue weighted by Gasteiger charge is 2.13. The summed E-state index contributed by atoms with van der Waals surface area (Å²) in [5.41, 5.74) is 10.1. The Bertz CT molecular complexity index is 866. The third-order valence-corrected chi connectivity index (χ3v) is 4.98. The number of nitrogens with zero attached hydrogens (tertiary/aromatic N) is 3. The maximum Gasteiger partial charge on any atom is 0.119 e. The number of fused-ring (bicyclic) bond motifs is 1. The van der Waals surface area contributed by atoms with Crippen LogP contribution in [0.1, 0.15) is 32.2 Å². The van der Waals surface area contributed by atoms with E-state index >= 15 is 0 Å². The smallest absolute Gasteiger partial charge is 0.119 e. The van der Waals surface area contributed by atoms with Gasteiger partial charge in [0.15, 0.2) is 0 Å². The van der Waals surface area contributed by atoms with Crippen LogP contribution in [0.15, 0.2) is 42.5 Å². The zero-order valence-electron chi connectivity index (χ0n) is 16.6. The molecule has 2 N–H and O–H groups in total. The maximum absolute atomic E-state index is 5.97. The van der Waals surface area contributed by atoms with Gasteiger partial charge < -0.3 is 19.9 Å². The van der Waals surface area contributed by atoms with Crippen LogP contribution in [0, 0.1) is 0 Å². The average molecular weight is 367 g/mol. The second-order valence-corrected chi connectivity index (χ2v) is 6.71. The molecule has 0 aliphatic rings. The van der Waals surface area contributed by atoms with Crippen LogP contribution in [0.5, 0.6) is 5.75 Å². The lowest BCUT2D eigenvalue weighted by Crippen LogP contribution is -2.27. The Morgan fingerprint density at radius 2 is 1.78 bits per heavy atom. The van der Waals surface area contributed by atoms with Crippen molar-refractivity contribution in [2.75, 3.05) is 32.0 Å². The van der Waals surface area contributed by atoms with E-state index in [0.29, 0.717) is 6.61 Å². The molecule has 0 saturated carbocycles. The number of imidazole rings is 1. The monoisotopic (exact) mass is 366 g/mol. The van der Waals surface area contributed by atoms with Crippen LogP contribution in [-0.4, -0.2) is 40.7 Å². The van der Waals surface area contributed by atoms with E-state index in [0.717, 1.165) is 60.9 Å². The van der Waals surface area contributed by atoms with Crippen LogP contribution >= 0.6 is 0 Å². The molecule has 0 spiro atoms. The third kappa shape index (κ3) is 4.61. The molecule has 1 heterocycles. The van der Waals surface area contributed by atoms with Gasteiger partial charge in [-0.05, 0) is 55.9 Å². The molecule has 0 saturated heterocycles. The van der Waals surface area contributed by atoms with Crippen molar-refractivity contribution in [2.45, 2.75) is 33.7 Å². The summed E-state index contributed by atoms with van der Waals surface area (Å²) in [6.45, 7) is 11.1. The number of ether oxygens (including phenoxy) is 1. The Morgan fingerprint density at radius 3 is 2.44 bits per heavy atom. The fourth-order valence-electron chi connectivity index (χ4n) is 3.42. The lowest BCUT2D eigenvalue weighted by molar-refractivity contribution is 0.291. The summed E-state index contributed by atoms with van der Waals surface area (Å²) < 4.78 is 7.88. The Kier molecular flexibility index (Phi) is 6.35. The highest BCUT2D eigenvalue weighted by atomic mass is 16.5. The summed E-state index contributed by atoms with van der Waals surface area (Å²) in [7, 11) is 0. The topological polar surface area (TPSA) is 56.3 Å². The zero-order valence-corrected chi connectivity index (χ0v) is 16.6. The van der Waals surface area contributed by atoms with Crippen LogP contribution in [0.2, 0.25) is 0 Å². The van der Waals surface area contributed by atoms with E-state index in [2.05, 4.69) is 41.5 Å². The van der Waals surface area contributed by atoms with Crippen molar-refractivity contribution in [3.63, 3.8) is 0 Å². The minimum atomic E-state index is 0.682. The van der Waals surface area contributed by atoms with Gasteiger partial charge in [-0.3, -0.25) is 0 Å². The molecule has 0 aliphatic heterocycles. The number of likely N-dealkylation sites (N-methyl/N-ethyl adjacent to an activating group) is 1. The number of benzene rings is 2. The van der Waals surface area contributed by atoms with Gasteiger partial charge in [-0.25, -0.2) is 4.98 Å². The maximum atomic E-state index is 5.97. The van der Waals surface area contributed by atoms with Crippen molar-refractivity contribution < 1.29 is 4.74 Å². The van der Waals surface area contributed by atoms with Crippen molar-refractivity contribution in [1.29, 1.82) is 0 Å². The van der Waals surface area contributed by atoms with Crippen molar-refractivity contribution in [3.8, 4) is 5.75 Å². The normalized spacial score (nSPS) is 11.4. The van der Waals surface area contributed by atoms with E-state index in [4.69, 9.17) is 15.5 Å². The largest absolute Gasteiger partial charge is 0.494 e. The van der Waals surface area contributed by atoms with Gasteiger partial charge in [-0.2, -0.15) is 0 Å². The predicted molar refractivity (Wildman–Crippen MR) is 112 cm³/mol. The lowest BCUT2D eigenvalue weighted by atomic mass is 10.1. The number of anilines is 1. The van der Waals surface area contributed by atoms with Gasteiger partial charge in [0, 0.05) is 25.2 Å². The van der Waals surface area contributed by atoms with E-state index in [1.165, 1.54) is 5.56 Å². The van der Waals surface area contributed by atoms with Crippen molar-refractivity contribution in [2.24, 2.45) is 0 Å². The van der Waals surface area contributed by atoms with Gasteiger partial charge in [-0.1, -0.05) is 26.0 Å². The predicted octanol–water partition coefficient (Wildman–Crippen LogP) is 3.95. The van der Waals surface area contributed by atoms with Gasteiger partial charge in [0.1, 0.15) is 11.6 Å². The number of nitrogens with two attached hydrogens (primary N) is 1. The van der Waals surface area contributed by atoms with Crippen LogP contribution in [0.4, 0.5) is 5.69 Å². The molecule has 0 aliphatic carbocycles. The highest BCUT2D eigenvalue weighted by molar-refractivity contribution is 5.79. The molecule has 5 nitrogen and oxygen atoms in total.